The summed E-state index contributed by atoms with van der Waals surface area (Å²) >= 11 is 0. The molecule has 2 unspecified atom stereocenters. The molecule has 1 heteroatoms. The fraction of sp³-hybridized carbons (Fsp3) is 0.304. The number of unbranched alkanes of at least 4 members (excludes halogenated alkanes) is 3. The van der Waals surface area contributed by atoms with Crippen molar-refractivity contribution >= 4 is 5.70 Å². The highest BCUT2D eigenvalue weighted by Gasteiger charge is 2.36. The summed E-state index contributed by atoms with van der Waals surface area (Å²) in [5.41, 5.74) is 14.3. The van der Waals surface area contributed by atoms with Crippen molar-refractivity contribution in [1.82, 2.24) is 5.32 Å². The average molecular weight is 614 g/mol. The van der Waals surface area contributed by atoms with Crippen LogP contribution in [0.1, 0.15) is 73.6 Å². The van der Waals surface area contributed by atoms with Gasteiger partial charge in [0.25, 0.3) is 0 Å². The van der Waals surface area contributed by atoms with Crippen molar-refractivity contribution in [2.45, 2.75) is 70.3 Å². The monoisotopic (exact) mass is 613 g/mol. The minimum absolute atomic E-state index is 0.309. The lowest BCUT2D eigenvalue weighted by Crippen LogP contribution is -2.43. The standard InChI is InChI=1S/C46H47N/c1(5-14-33-15-7-3-8-16-33)2-6-17-34-18-13-22-36(28-34)37-25-27-45-44(31-37)43(35-19-9-4-10-20-35)32-46(47-45)39-24-26-42-40(30-39)29-38-21-11-12-23-41(38)42/h3-4,7-12,15-16,18-19,21,23-28,30-32,35,43-45,47H,1-2,5-6,13-14,17,20,22,29H2/t35?,43-,44?,45+/m1/s1. The van der Waals surface area contributed by atoms with E-state index in [2.05, 4.69) is 139 Å². The summed E-state index contributed by atoms with van der Waals surface area (Å²) in [6.07, 6.45) is 36.5. The summed E-state index contributed by atoms with van der Waals surface area (Å²) < 4.78 is 0. The predicted molar refractivity (Wildman–Crippen MR) is 199 cm³/mol. The molecule has 1 N–H and O–H groups in total. The Bertz CT molecular complexity index is 1820. The first-order valence-electron chi connectivity index (χ1n) is 18.2. The lowest BCUT2D eigenvalue weighted by atomic mass is 9.70. The van der Waals surface area contributed by atoms with Crippen molar-refractivity contribution in [3.63, 3.8) is 0 Å². The van der Waals surface area contributed by atoms with Crippen molar-refractivity contribution in [2.24, 2.45) is 17.8 Å². The number of allylic oxidation sites excluding steroid dienone is 11. The molecule has 0 spiro atoms. The molecule has 0 saturated carbocycles. The Morgan fingerprint density at radius 1 is 0.723 bits per heavy atom. The molecular formula is C46H47N. The van der Waals surface area contributed by atoms with E-state index in [1.165, 1.54) is 95.2 Å². The molecular weight excluding hydrogens is 567 g/mol. The zero-order valence-corrected chi connectivity index (χ0v) is 27.6. The van der Waals surface area contributed by atoms with Crippen LogP contribution in [0.15, 0.2) is 150 Å². The summed E-state index contributed by atoms with van der Waals surface area (Å²) in [5, 5.41) is 4.00. The zero-order chi connectivity index (χ0) is 31.4. The minimum atomic E-state index is 0.309. The van der Waals surface area contributed by atoms with Crippen LogP contribution in [0.5, 0.6) is 0 Å². The quantitative estimate of drug-likeness (QED) is 0.175. The van der Waals surface area contributed by atoms with Gasteiger partial charge in [0.1, 0.15) is 0 Å². The summed E-state index contributed by atoms with van der Waals surface area (Å²) in [4.78, 5) is 0. The second-order valence-corrected chi connectivity index (χ2v) is 14.2. The number of hydrogen-bond acceptors (Lipinski definition) is 1. The van der Waals surface area contributed by atoms with E-state index in [0.717, 1.165) is 19.3 Å². The van der Waals surface area contributed by atoms with Crippen LogP contribution in [-0.2, 0) is 12.8 Å². The van der Waals surface area contributed by atoms with Crippen LogP contribution in [0.3, 0.4) is 0 Å². The Morgan fingerprint density at radius 3 is 2.47 bits per heavy atom. The molecule has 47 heavy (non-hydrogen) atoms. The highest BCUT2D eigenvalue weighted by atomic mass is 14.9. The van der Waals surface area contributed by atoms with Gasteiger partial charge in [-0.2, -0.15) is 0 Å². The fourth-order valence-electron chi connectivity index (χ4n) is 8.56. The number of benzene rings is 3. The average Bonchev–Trinajstić information content (AvgIpc) is 3.51. The minimum Gasteiger partial charge on any atom is -0.378 e. The third kappa shape index (κ3) is 6.59. The van der Waals surface area contributed by atoms with E-state index >= 15 is 0 Å². The lowest BCUT2D eigenvalue weighted by Gasteiger charge is -2.41. The van der Waals surface area contributed by atoms with Gasteiger partial charge >= 0.3 is 0 Å². The molecule has 0 fully saturated rings. The first-order valence-corrected chi connectivity index (χ1v) is 18.2. The van der Waals surface area contributed by atoms with E-state index in [9.17, 15) is 0 Å². The first-order chi connectivity index (χ1) is 23.3. The third-order valence-corrected chi connectivity index (χ3v) is 11.1. The Hall–Kier alpha value is -4.36. The highest BCUT2D eigenvalue weighted by molar-refractivity contribution is 5.79. The van der Waals surface area contributed by atoms with E-state index in [1.807, 2.05) is 0 Å². The predicted octanol–water partition coefficient (Wildman–Crippen LogP) is 11.3. The largest absolute Gasteiger partial charge is 0.378 e. The van der Waals surface area contributed by atoms with Gasteiger partial charge in [0.2, 0.25) is 0 Å². The third-order valence-electron chi connectivity index (χ3n) is 11.1. The molecule has 8 rings (SSSR count). The highest BCUT2D eigenvalue weighted by Crippen LogP contribution is 2.43. The van der Waals surface area contributed by atoms with Gasteiger partial charge in [0, 0.05) is 11.6 Å². The lowest BCUT2D eigenvalue weighted by molar-refractivity contribution is 0.318. The van der Waals surface area contributed by atoms with E-state index in [4.69, 9.17) is 0 Å². The van der Waals surface area contributed by atoms with Gasteiger partial charge in [-0.05, 0) is 114 Å². The Balaban J connectivity index is 0.968. The first kappa shape index (κ1) is 30.0. The molecule has 0 aromatic heterocycles. The van der Waals surface area contributed by atoms with Crippen molar-refractivity contribution in [3.05, 3.63) is 173 Å². The van der Waals surface area contributed by atoms with Gasteiger partial charge < -0.3 is 5.32 Å². The Morgan fingerprint density at radius 2 is 1.57 bits per heavy atom. The van der Waals surface area contributed by atoms with Crippen molar-refractivity contribution in [3.8, 4) is 11.1 Å². The molecule has 0 radical (unpaired) electrons. The fourth-order valence-corrected chi connectivity index (χ4v) is 8.56. The molecule has 3 aromatic carbocycles. The molecule has 1 aliphatic heterocycles. The van der Waals surface area contributed by atoms with E-state index < -0.39 is 0 Å². The van der Waals surface area contributed by atoms with Gasteiger partial charge in [0.15, 0.2) is 0 Å². The molecule has 3 aromatic rings. The molecule has 0 amide bonds. The van der Waals surface area contributed by atoms with E-state index in [0.29, 0.717) is 23.8 Å². The SMILES string of the molecule is C1=CCC([C@H]2C=C(c3ccc4c(c3)Cc3ccccc3-4)N[C@H]3C=CC(C4=CC(CCCCCCc5ccccc5)=CCC4)=CC23)C=C1. The zero-order valence-electron chi connectivity index (χ0n) is 27.6. The van der Waals surface area contributed by atoms with Crippen LogP contribution >= 0.6 is 0 Å². The Kier molecular flexibility index (Phi) is 8.80. The van der Waals surface area contributed by atoms with Gasteiger partial charge in [0.05, 0.1) is 6.04 Å². The van der Waals surface area contributed by atoms with Crippen molar-refractivity contribution in [2.75, 3.05) is 0 Å². The van der Waals surface area contributed by atoms with Gasteiger partial charge in [-0.3, -0.25) is 0 Å². The van der Waals surface area contributed by atoms with Gasteiger partial charge in [-0.15, -0.1) is 0 Å². The summed E-state index contributed by atoms with van der Waals surface area (Å²) in [6.45, 7) is 0. The maximum atomic E-state index is 4.00. The van der Waals surface area contributed by atoms with E-state index in [1.54, 1.807) is 5.57 Å². The molecule has 1 heterocycles. The van der Waals surface area contributed by atoms with Gasteiger partial charge in [-0.25, -0.2) is 0 Å². The number of rotatable bonds is 10. The van der Waals surface area contributed by atoms with Gasteiger partial charge in [-0.1, -0.05) is 146 Å². The van der Waals surface area contributed by atoms with Crippen LogP contribution in [0.4, 0.5) is 0 Å². The maximum absolute atomic E-state index is 4.00. The molecule has 1 nitrogen and oxygen atoms in total. The molecule has 4 atom stereocenters. The number of aryl methyl sites for hydroxylation is 1. The molecule has 5 aliphatic rings. The van der Waals surface area contributed by atoms with Crippen molar-refractivity contribution < 1.29 is 0 Å². The molecule has 236 valence electrons. The molecule has 0 bridgehead atoms. The second kappa shape index (κ2) is 13.8. The number of fused-ring (bicyclic) bond motifs is 4. The normalized spacial score (nSPS) is 23.9. The Labute approximate surface area is 281 Å². The number of hydrogen-bond donors (Lipinski definition) is 1. The smallest absolute Gasteiger partial charge is 0.0516 e. The van der Waals surface area contributed by atoms with Crippen LogP contribution < -0.4 is 5.32 Å². The maximum Gasteiger partial charge on any atom is 0.0516 e. The summed E-state index contributed by atoms with van der Waals surface area (Å²) in [6, 6.07) is 27.3. The van der Waals surface area contributed by atoms with E-state index in [-0.39, 0.29) is 0 Å². The topological polar surface area (TPSA) is 12.0 Å². The summed E-state index contributed by atoms with van der Waals surface area (Å²) in [7, 11) is 0. The number of nitrogens with one attached hydrogen (secondary N) is 1. The van der Waals surface area contributed by atoms with Crippen LogP contribution in [0, 0.1) is 17.8 Å². The van der Waals surface area contributed by atoms with Crippen LogP contribution in [0.2, 0.25) is 0 Å². The van der Waals surface area contributed by atoms with Crippen LogP contribution in [0.25, 0.3) is 16.8 Å². The second-order valence-electron chi connectivity index (χ2n) is 14.2. The van der Waals surface area contributed by atoms with Crippen molar-refractivity contribution in [1.29, 1.82) is 0 Å². The van der Waals surface area contributed by atoms with Crippen LogP contribution in [-0.4, -0.2) is 6.04 Å². The summed E-state index contributed by atoms with van der Waals surface area (Å²) in [5.74, 6) is 1.42. The molecule has 4 aliphatic carbocycles. The molecule has 0 saturated heterocycles.